The molecule has 22 heavy (non-hydrogen) atoms. The maximum absolute atomic E-state index is 11.7. The molecule has 0 amide bonds. The van der Waals surface area contributed by atoms with Gasteiger partial charge in [0, 0.05) is 37.4 Å². The standard InChI is InChI=1S/C16H28N4O.HI/c1-13-9-8-10-14(21)20(13)12-7-6-11-18-15(17-5)19-16(2,3)4;/h8-10H,6-7,11-12H2,1-5H3,(H2,17,18,19);1H. The number of aromatic nitrogens is 1. The van der Waals surface area contributed by atoms with Gasteiger partial charge in [-0.15, -0.1) is 24.0 Å². The Balaban J connectivity index is 0.00000441. The molecule has 1 aromatic heterocycles. The van der Waals surface area contributed by atoms with Crippen molar-refractivity contribution in [2.24, 2.45) is 4.99 Å². The summed E-state index contributed by atoms with van der Waals surface area (Å²) in [6.45, 7) is 9.88. The lowest BCUT2D eigenvalue weighted by molar-refractivity contribution is 0.498. The molecule has 0 saturated heterocycles. The van der Waals surface area contributed by atoms with E-state index >= 15 is 0 Å². The molecule has 0 bridgehead atoms. The number of unbranched alkanes of at least 4 members (excludes halogenated alkanes) is 1. The van der Waals surface area contributed by atoms with Gasteiger partial charge in [-0.2, -0.15) is 0 Å². The fourth-order valence-electron chi connectivity index (χ4n) is 2.05. The van der Waals surface area contributed by atoms with Gasteiger partial charge < -0.3 is 15.2 Å². The van der Waals surface area contributed by atoms with Crippen LogP contribution in [0.2, 0.25) is 0 Å². The highest BCUT2D eigenvalue weighted by Gasteiger charge is 2.11. The van der Waals surface area contributed by atoms with Crippen LogP contribution in [0.15, 0.2) is 28.0 Å². The lowest BCUT2D eigenvalue weighted by atomic mass is 10.1. The smallest absolute Gasteiger partial charge is 0.250 e. The normalized spacial score (nSPS) is 11.8. The van der Waals surface area contributed by atoms with E-state index in [-0.39, 0.29) is 35.1 Å². The van der Waals surface area contributed by atoms with E-state index in [1.807, 2.05) is 17.6 Å². The summed E-state index contributed by atoms with van der Waals surface area (Å²) >= 11 is 0. The number of hydrogen-bond acceptors (Lipinski definition) is 2. The molecule has 1 heterocycles. The molecule has 5 nitrogen and oxygen atoms in total. The Kier molecular flexibility index (Phi) is 9.39. The van der Waals surface area contributed by atoms with Crippen molar-refractivity contribution in [3.63, 3.8) is 0 Å². The van der Waals surface area contributed by atoms with Crippen LogP contribution in [0.4, 0.5) is 0 Å². The minimum absolute atomic E-state index is 0. The van der Waals surface area contributed by atoms with Crippen molar-refractivity contribution in [1.29, 1.82) is 0 Å². The molecule has 1 aromatic rings. The van der Waals surface area contributed by atoms with Crippen molar-refractivity contribution in [3.05, 3.63) is 34.2 Å². The van der Waals surface area contributed by atoms with Crippen molar-refractivity contribution in [2.75, 3.05) is 13.6 Å². The Bertz CT molecular complexity index is 532. The Morgan fingerprint density at radius 3 is 2.50 bits per heavy atom. The van der Waals surface area contributed by atoms with Crippen molar-refractivity contribution in [3.8, 4) is 0 Å². The van der Waals surface area contributed by atoms with Crippen molar-refractivity contribution in [1.82, 2.24) is 15.2 Å². The highest BCUT2D eigenvalue weighted by atomic mass is 127. The second kappa shape index (κ2) is 9.86. The minimum atomic E-state index is -0.00367. The van der Waals surface area contributed by atoms with E-state index in [4.69, 9.17) is 0 Å². The van der Waals surface area contributed by atoms with Gasteiger partial charge in [-0.25, -0.2) is 0 Å². The number of guanidine groups is 1. The van der Waals surface area contributed by atoms with Crippen molar-refractivity contribution < 1.29 is 0 Å². The van der Waals surface area contributed by atoms with Gasteiger partial charge in [0.25, 0.3) is 5.56 Å². The van der Waals surface area contributed by atoms with Crippen molar-refractivity contribution >= 4 is 29.9 Å². The number of aliphatic imine (C=N–C) groups is 1. The quantitative estimate of drug-likeness (QED) is 0.333. The van der Waals surface area contributed by atoms with Crippen molar-refractivity contribution in [2.45, 2.75) is 52.6 Å². The average molecular weight is 420 g/mol. The summed E-state index contributed by atoms with van der Waals surface area (Å²) in [7, 11) is 1.77. The predicted molar refractivity (Wildman–Crippen MR) is 104 cm³/mol. The molecule has 2 N–H and O–H groups in total. The zero-order valence-electron chi connectivity index (χ0n) is 14.3. The molecule has 1 rings (SSSR count). The summed E-state index contributed by atoms with van der Waals surface area (Å²) in [6, 6.07) is 5.38. The molecule has 0 fully saturated rings. The number of pyridine rings is 1. The highest BCUT2D eigenvalue weighted by molar-refractivity contribution is 14.0. The fourth-order valence-corrected chi connectivity index (χ4v) is 2.05. The molecule has 126 valence electrons. The van der Waals surface area contributed by atoms with Crippen LogP contribution in [0.5, 0.6) is 0 Å². The molecule has 0 unspecified atom stereocenters. The zero-order chi connectivity index (χ0) is 15.9. The zero-order valence-corrected chi connectivity index (χ0v) is 16.6. The molecular formula is C16H29IN4O. The number of halogens is 1. The van der Waals surface area contributed by atoms with E-state index in [0.717, 1.165) is 37.6 Å². The largest absolute Gasteiger partial charge is 0.356 e. The summed E-state index contributed by atoms with van der Waals surface area (Å²) in [4.78, 5) is 15.9. The Morgan fingerprint density at radius 1 is 1.27 bits per heavy atom. The highest BCUT2D eigenvalue weighted by Crippen LogP contribution is 1.99. The van der Waals surface area contributed by atoms with Crippen LogP contribution in [-0.4, -0.2) is 29.7 Å². The number of nitrogens with zero attached hydrogens (tertiary/aromatic N) is 2. The number of aryl methyl sites for hydroxylation is 1. The number of hydrogen-bond donors (Lipinski definition) is 2. The van der Waals surface area contributed by atoms with Gasteiger partial charge >= 0.3 is 0 Å². The van der Waals surface area contributed by atoms with Gasteiger partial charge in [0.1, 0.15) is 0 Å². The van der Waals surface area contributed by atoms with E-state index < -0.39 is 0 Å². The third-order valence-electron chi connectivity index (χ3n) is 3.09. The summed E-state index contributed by atoms with van der Waals surface area (Å²) in [6.07, 6.45) is 1.95. The Hall–Kier alpha value is -1.05. The first-order valence-corrected chi connectivity index (χ1v) is 7.49. The molecule has 0 saturated carbocycles. The molecule has 0 radical (unpaired) electrons. The van der Waals surface area contributed by atoms with Gasteiger partial charge in [-0.1, -0.05) is 6.07 Å². The topological polar surface area (TPSA) is 58.4 Å². The predicted octanol–water partition coefficient (Wildman–Crippen LogP) is 2.52. The first kappa shape index (κ1) is 20.9. The van der Waals surface area contributed by atoms with Crippen LogP contribution >= 0.6 is 24.0 Å². The monoisotopic (exact) mass is 420 g/mol. The summed E-state index contributed by atoms with van der Waals surface area (Å²) in [5, 5.41) is 6.61. The molecular weight excluding hydrogens is 391 g/mol. The third kappa shape index (κ3) is 7.82. The van der Waals surface area contributed by atoms with E-state index in [1.165, 1.54) is 0 Å². The second-order valence-electron chi connectivity index (χ2n) is 6.24. The lowest BCUT2D eigenvalue weighted by Crippen LogP contribution is -2.47. The first-order valence-electron chi connectivity index (χ1n) is 7.49. The molecule has 0 aromatic carbocycles. The Morgan fingerprint density at radius 2 is 1.95 bits per heavy atom. The molecule has 0 spiro atoms. The fraction of sp³-hybridized carbons (Fsp3) is 0.625. The maximum Gasteiger partial charge on any atom is 0.250 e. The second-order valence-corrected chi connectivity index (χ2v) is 6.24. The van der Waals surface area contributed by atoms with E-state index in [0.29, 0.717) is 0 Å². The van der Waals surface area contributed by atoms with Gasteiger partial charge in [0.05, 0.1) is 0 Å². The van der Waals surface area contributed by atoms with Crippen LogP contribution in [-0.2, 0) is 6.54 Å². The average Bonchev–Trinajstić information content (AvgIpc) is 2.38. The molecule has 0 aliphatic heterocycles. The maximum atomic E-state index is 11.7. The summed E-state index contributed by atoms with van der Waals surface area (Å²) < 4.78 is 1.82. The summed E-state index contributed by atoms with van der Waals surface area (Å²) in [5.41, 5.74) is 1.09. The third-order valence-corrected chi connectivity index (χ3v) is 3.09. The van der Waals surface area contributed by atoms with Crippen LogP contribution in [0.25, 0.3) is 0 Å². The number of nitrogens with one attached hydrogen (secondary N) is 2. The SMILES string of the molecule is CN=C(NCCCCn1c(C)cccc1=O)NC(C)(C)C.I. The van der Waals surface area contributed by atoms with Crippen LogP contribution < -0.4 is 16.2 Å². The van der Waals surface area contributed by atoms with Crippen LogP contribution in [0, 0.1) is 6.92 Å². The first-order chi connectivity index (χ1) is 9.83. The van der Waals surface area contributed by atoms with E-state index in [2.05, 4.69) is 36.4 Å². The van der Waals surface area contributed by atoms with Gasteiger partial charge in [0.15, 0.2) is 5.96 Å². The van der Waals surface area contributed by atoms with Crippen LogP contribution in [0.3, 0.4) is 0 Å². The van der Waals surface area contributed by atoms with E-state index in [9.17, 15) is 4.79 Å². The van der Waals surface area contributed by atoms with Gasteiger partial charge in [-0.3, -0.25) is 9.79 Å². The van der Waals surface area contributed by atoms with Gasteiger partial charge in [-0.05, 0) is 46.6 Å². The van der Waals surface area contributed by atoms with E-state index in [1.54, 1.807) is 19.2 Å². The minimum Gasteiger partial charge on any atom is -0.356 e. The molecule has 0 aliphatic rings. The lowest BCUT2D eigenvalue weighted by Gasteiger charge is -2.23. The summed E-state index contributed by atoms with van der Waals surface area (Å²) in [5.74, 6) is 0.815. The molecule has 0 aliphatic carbocycles. The van der Waals surface area contributed by atoms with Crippen LogP contribution in [0.1, 0.15) is 39.3 Å². The number of rotatable bonds is 5. The Labute approximate surface area is 150 Å². The molecule has 0 atom stereocenters. The molecule has 6 heteroatoms. The van der Waals surface area contributed by atoms with Gasteiger partial charge in [0.2, 0.25) is 0 Å².